The molecule has 0 aliphatic carbocycles. The van der Waals surface area contributed by atoms with Crippen molar-refractivity contribution in [2.45, 2.75) is 18.7 Å². The van der Waals surface area contributed by atoms with E-state index in [1.807, 2.05) is 0 Å². The number of alkyl halides is 3. The first kappa shape index (κ1) is 12.2. The van der Waals surface area contributed by atoms with Gasteiger partial charge in [-0.3, -0.25) is 0 Å². The first-order valence-corrected chi connectivity index (χ1v) is 3.66. The Kier molecular flexibility index (Phi) is 4.22. The Morgan fingerprint density at radius 1 is 1.46 bits per heavy atom. The predicted octanol–water partition coefficient (Wildman–Crippen LogP) is 0.789. The lowest BCUT2D eigenvalue weighted by Crippen LogP contribution is -2.49. The molecule has 13 heavy (non-hydrogen) atoms. The summed E-state index contributed by atoms with van der Waals surface area (Å²) < 4.78 is 40.8. The van der Waals surface area contributed by atoms with Crippen LogP contribution in [0.3, 0.4) is 0 Å². The molecule has 0 fully saturated rings. The highest BCUT2D eigenvalue weighted by atomic mass is 19.4. The van der Waals surface area contributed by atoms with Gasteiger partial charge in [0.25, 0.3) is 0 Å². The molecular formula is C7H12F3NO2. The van der Waals surface area contributed by atoms with Gasteiger partial charge in [0, 0.05) is 6.54 Å². The molecule has 0 spiro atoms. The summed E-state index contributed by atoms with van der Waals surface area (Å²) in [5.41, 5.74) is 1.80. The van der Waals surface area contributed by atoms with E-state index < -0.39 is 18.3 Å². The Morgan fingerprint density at radius 3 is 2.31 bits per heavy atom. The minimum absolute atomic E-state index is 0.231. The molecule has 0 radical (unpaired) electrons. The zero-order valence-electron chi connectivity index (χ0n) is 7.14. The molecule has 6 heteroatoms. The Hall–Kier alpha value is -0.750. The van der Waals surface area contributed by atoms with Gasteiger partial charge in [0.1, 0.15) is 0 Å². The van der Waals surface area contributed by atoms with Crippen molar-refractivity contribution < 1.29 is 23.0 Å². The molecule has 0 saturated carbocycles. The van der Waals surface area contributed by atoms with Gasteiger partial charge >= 0.3 is 6.18 Å². The molecule has 0 bridgehead atoms. The summed E-state index contributed by atoms with van der Waals surface area (Å²) in [5, 5.41) is 8.97. The molecular weight excluding hydrogens is 187 g/mol. The number of rotatable bonds is 4. The molecule has 0 aliphatic rings. The van der Waals surface area contributed by atoms with Gasteiger partial charge in [-0.1, -0.05) is 0 Å². The number of aliphatic hydroxyl groups is 1. The maximum absolute atomic E-state index is 12.1. The lowest BCUT2D eigenvalue weighted by atomic mass is 10.0. The Morgan fingerprint density at radius 2 is 2.00 bits per heavy atom. The van der Waals surface area contributed by atoms with Crippen LogP contribution in [0.15, 0.2) is 12.3 Å². The van der Waals surface area contributed by atoms with Crippen molar-refractivity contribution >= 4 is 0 Å². The van der Waals surface area contributed by atoms with Crippen LogP contribution in [0.2, 0.25) is 0 Å². The lowest BCUT2D eigenvalue weighted by Gasteiger charge is -2.25. The Labute approximate surface area is 74.0 Å². The van der Waals surface area contributed by atoms with Crippen molar-refractivity contribution in [2.24, 2.45) is 5.73 Å². The van der Waals surface area contributed by atoms with Gasteiger partial charge in [-0.15, -0.1) is 0 Å². The topological polar surface area (TPSA) is 55.5 Å². The first-order chi connectivity index (χ1) is 5.87. The minimum atomic E-state index is -4.78. The van der Waals surface area contributed by atoms with Crippen LogP contribution in [0.25, 0.3) is 0 Å². The van der Waals surface area contributed by atoms with E-state index in [0.717, 1.165) is 6.26 Å². The maximum atomic E-state index is 12.1. The van der Waals surface area contributed by atoms with E-state index in [2.05, 4.69) is 4.74 Å². The quantitative estimate of drug-likeness (QED) is 0.658. The van der Waals surface area contributed by atoms with Crippen molar-refractivity contribution in [3.8, 4) is 0 Å². The zero-order valence-corrected chi connectivity index (χ0v) is 7.14. The zero-order chi connectivity index (χ0) is 10.5. The monoisotopic (exact) mass is 199 g/mol. The summed E-state index contributed by atoms with van der Waals surface area (Å²) in [6.45, 7) is 0.911. The van der Waals surface area contributed by atoms with Crippen molar-refractivity contribution in [3.63, 3.8) is 0 Å². The summed E-state index contributed by atoms with van der Waals surface area (Å²) in [7, 11) is 0. The number of halogens is 3. The first-order valence-electron chi connectivity index (χ1n) is 3.66. The number of hydrogen-bond donors (Lipinski definition) is 2. The van der Waals surface area contributed by atoms with E-state index in [-0.39, 0.29) is 6.61 Å². The van der Waals surface area contributed by atoms with E-state index in [9.17, 15) is 13.2 Å². The van der Waals surface area contributed by atoms with Crippen LogP contribution in [-0.4, -0.2) is 30.0 Å². The summed E-state index contributed by atoms with van der Waals surface area (Å²) >= 11 is 0. The second kappa shape index (κ2) is 4.48. The van der Waals surface area contributed by atoms with Crippen LogP contribution in [0, 0.1) is 0 Å². The third-order valence-corrected chi connectivity index (χ3v) is 1.41. The van der Waals surface area contributed by atoms with E-state index in [0.29, 0.717) is 6.08 Å². The molecule has 0 saturated heterocycles. The molecule has 78 valence electrons. The standard InChI is InChI=1S/C7H12F3NO2/c1-2-13-4-3-6(12,5-11)7(8,9)10/h3-4,12H,2,5,11H2,1H3/b4-3+/t6-/m1/s1. The van der Waals surface area contributed by atoms with Crippen LogP contribution in [0.1, 0.15) is 6.92 Å². The molecule has 0 amide bonds. The molecule has 0 rings (SSSR count). The number of hydrogen-bond acceptors (Lipinski definition) is 3. The summed E-state index contributed by atoms with van der Waals surface area (Å²) in [6, 6.07) is 0. The molecule has 0 aromatic rings. The minimum Gasteiger partial charge on any atom is -0.502 e. The van der Waals surface area contributed by atoms with Gasteiger partial charge < -0.3 is 15.6 Å². The van der Waals surface area contributed by atoms with Crippen LogP contribution >= 0.6 is 0 Å². The SMILES string of the molecule is CCO/C=C/[C@@](O)(CN)C(F)(F)F. The second-order valence-electron chi connectivity index (χ2n) is 2.38. The summed E-state index contributed by atoms with van der Waals surface area (Å²) in [5.74, 6) is 0. The van der Waals surface area contributed by atoms with Crippen LogP contribution in [0.5, 0.6) is 0 Å². The molecule has 0 aromatic carbocycles. The number of ether oxygens (including phenoxy) is 1. The fourth-order valence-electron chi connectivity index (χ4n) is 0.535. The highest BCUT2D eigenvalue weighted by Gasteiger charge is 2.51. The van der Waals surface area contributed by atoms with Crippen molar-refractivity contribution in [1.82, 2.24) is 0 Å². The smallest absolute Gasteiger partial charge is 0.422 e. The van der Waals surface area contributed by atoms with Gasteiger partial charge in [-0.25, -0.2) is 0 Å². The fourth-order valence-corrected chi connectivity index (χ4v) is 0.535. The van der Waals surface area contributed by atoms with Gasteiger partial charge in [-0.2, -0.15) is 13.2 Å². The molecule has 0 aromatic heterocycles. The fraction of sp³-hybridized carbons (Fsp3) is 0.714. The van der Waals surface area contributed by atoms with Gasteiger partial charge in [0.2, 0.25) is 0 Å². The molecule has 1 atom stereocenters. The molecule has 3 nitrogen and oxygen atoms in total. The summed E-state index contributed by atoms with van der Waals surface area (Å²) in [6.07, 6.45) is -3.49. The van der Waals surface area contributed by atoms with E-state index in [4.69, 9.17) is 10.8 Å². The average Bonchev–Trinajstić information content (AvgIpc) is 2.02. The Bertz CT molecular complexity index is 181. The van der Waals surface area contributed by atoms with E-state index in [1.54, 1.807) is 6.92 Å². The van der Waals surface area contributed by atoms with Crippen LogP contribution < -0.4 is 5.73 Å². The number of nitrogens with two attached hydrogens (primary N) is 1. The molecule has 0 heterocycles. The molecule has 0 unspecified atom stereocenters. The van der Waals surface area contributed by atoms with Gasteiger partial charge in [0.15, 0.2) is 5.60 Å². The normalized spacial score (nSPS) is 17.4. The third kappa shape index (κ3) is 3.23. The molecule has 3 N–H and O–H groups in total. The highest BCUT2D eigenvalue weighted by molar-refractivity contribution is 5.04. The third-order valence-electron chi connectivity index (χ3n) is 1.41. The molecule has 0 aliphatic heterocycles. The largest absolute Gasteiger partial charge is 0.502 e. The Balaban J connectivity index is 4.46. The summed E-state index contributed by atoms with van der Waals surface area (Å²) in [4.78, 5) is 0. The van der Waals surface area contributed by atoms with E-state index >= 15 is 0 Å². The highest BCUT2D eigenvalue weighted by Crippen LogP contribution is 2.30. The van der Waals surface area contributed by atoms with Crippen molar-refractivity contribution in [3.05, 3.63) is 12.3 Å². The maximum Gasteiger partial charge on any atom is 0.422 e. The van der Waals surface area contributed by atoms with Crippen LogP contribution in [-0.2, 0) is 4.74 Å². The van der Waals surface area contributed by atoms with E-state index in [1.165, 1.54) is 0 Å². The average molecular weight is 199 g/mol. The van der Waals surface area contributed by atoms with Crippen molar-refractivity contribution in [2.75, 3.05) is 13.2 Å². The van der Waals surface area contributed by atoms with Crippen molar-refractivity contribution in [1.29, 1.82) is 0 Å². The van der Waals surface area contributed by atoms with Crippen LogP contribution in [0.4, 0.5) is 13.2 Å². The second-order valence-corrected chi connectivity index (χ2v) is 2.38. The lowest BCUT2D eigenvalue weighted by molar-refractivity contribution is -0.235. The van der Waals surface area contributed by atoms with Gasteiger partial charge in [-0.05, 0) is 13.0 Å². The predicted molar refractivity (Wildman–Crippen MR) is 40.8 cm³/mol. The van der Waals surface area contributed by atoms with Gasteiger partial charge in [0.05, 0.1) is 12.9 Å².